The van der Waals surface area contributed by atoms with E-state index in [2.05, 4.69) is 22.8 Å². The van der Waals surface area contributed by atoms with Gasteiger partial charge in [-0.25, -0.2) is 0 Å². The average molecular weight is 404 g/mol. The number of imide groups is 1. The number of fused-ring (bicyclic) bond motifs is 1. The van der Waals surface area contributed by atoms with Crippen molar-refractivity contribution in [3.8, 4) is 0 Å². The minimum Gasteiger partial charge on any atom is -0.381 e. The quantitative estimate of drug-likeness (QED) is 0.662. The lowest BCUT2D eigenvalue weighted by molar-refractivity contribution is -0.136. The number of piperidine rings is 1. The lowest BCUT2D eigenvalue weighted by Crippen LogP contribution is -2.52. The Morgan fingerprint density at radius 2 is 1.93 bits per heavy atom. The zero-order valence-electron chi connectivity index (χ0n) is 16.6. The molecule has 2 aliphatic heterocycles. The van der Waals surface area contributed by atoms with Crippen molar-refractivity contribution in [3.63, 3.8) is 0 Å². The van der Waals surface area contributed by atoms with Gasteiger partial charge in [0.05, 0.1) is 0 Å². The smallest absolute Gasteiger partial charge is 0.255 e. The van der Waals surface area contributed by atoms with Gasteiger partial charge in [-0.15, -0.1) is 0 Å². The molecule has 2 aromatic rings. The van der Waals surface area contributed by atoms with Crippen LogP contribution in [0.3, 0.4) is 0 Å². The van der Waals surface area contributed by atoms with Crippen molar-refractivity contribution >= 4 is 23.4 Å². The van der Waals surface area contributed by atoms with Crippen LogP contribution in [0.15, 0.2) is 42.5 Å². The first-order chi connectivity index (χ1) is 14.4. The standard InChI is InChI=1S/C23H24N4O3/c24-23(9-10-23)15-4-2-5-16(11-15)25-12-14-3-1-6-17-18(14)13-27(22(17)30)19-7-8-20(28)26-21(19)29/h1-6,11,19,25H,7-10,12-13,24H2,(H,26,28,29). The first kappa shape index (κ1) is 18.8. The van der Waals surface area contributed by atoms with Gasteiger partial charge in [-0.1, -0.05) is 24.3 Å². The molecule has 3 aliphatic rings. The Balaban J connectivity index is 1.33. The van der Waals surface area contributed by atoms with Crippen LogP contribution in [0.2, 0.25) is 0 Å². The Morgan fingerprint density at radius 3 is 2.70 bits per heavy atom. The fraction of sp³-hybridized carbons (Fsp3) is 0.348. The summed E-state index contributed by atoms with van der Waals surface area (Å²) in [7, 11) is 0. The monoisotopic (exact) mass is 404 g/mol. The number of anilines is 1. The molecule has 1 unspecified atom stereocenters. The third kappa shape index (κ3) is 3.25. The summed E-state index contributed by atoms with van der Waals surface area (Å²) in [5, 5.41) is 5.79. The molecule has 7 nitrogen and oxygen atoms in total. The molecule has 7 heteroatoms. The number of nitrogens with zero attached hydrogens (tertiary/aromatic N) is 1. The van der Waals surface area contributed by atoms with Crippen molar-refractivity contribution in [2.75, 3.05) is 5.32 Å². The van der Waals surface area contributed by atoms with Gasteiger partial charge in [0.2, 0.25) is 11.8 Å². The van der Waals surface area contributed by atoms with Gasteiger partial charge in [-0.2, -0.15) is 0 Å². The van der Waals surface area contributed by atoms with Gasteiger partial charge in [-0.05, 0) is 54.2 Å². The Bertz CT molecular complexity index is 1060. The van der Waals surface area contributed by atoms with Gasteiger partial charge >= 0.3 is 0 Å². The molecule has 3 amide bonds. The average Bonchev–Trinajstić information content (AvgIpc) is 3.41. The number of hydrogen-bond acceptors (Lipinski definition) is 5. The van der Waals surface area contributed by atoms with E-state index >= 15 is 0 Å². The van der Waals surface area contributed by atoms with Gasteiger partial charge in [0.1, 0.15) is 6.04 Å². The molecule has 2 heterocycles. The van der Waals surface area contributed by atoms with Gasteiger partial charge in [0.15, 0.2) is 0 Å². The summed E-state index contributed by atoms with van der Waals surface area (Å²) >= 11 is 0. The molecule has 2 aromatic carbocycles. The molecular weight excluding hydrogens is 380 g/mol. The van der Waals surface area contributed by atoms with E-state index in [1.807, 2.05) is 24.3 Å². The number of benzene rings is 2. The normalized spacial score (nSPS) is 22.0. The Morgan fingerprint density at radius 1 is 1.13 bits per heavy atom. The molecule has 0 spiro atoms. The van der Waals surface area contributed by atoms with E-state index in [1.165, 1.54) is 0 Å². The summed E-state index contributed by atoms with van der Waals surface area (Å²) in [6.45, 7) is 0.949. The maximum atomic E-state index is 12.9. The summed E-state index contributed by atoms with van der Waals surface area (Å²) in [6, 6.07) is 13.3. The van der Waals surface area contributed by atoms with Crippen LogP contribution >= 0.6 is 0 Å². The second-order valence-corrected chi connectivity index (χ2v) is 8.43. The first-order valence-electron chi connectivity index (χ1n) is 10.3. The molecule has 4 N–H and O–H groups in total. The van der Waals surface area contributed by atoms with Crippen LogP contribution in [0.25, 0.3) is 0 Å². The number of carbonyl (C=O) groups is 3. The SMILES string of the molecule is NC1(c2cccc(NCc3cccc4c3CN(C3CCC(=O)NC3=O)C4=O)c2)CC1. The summed E-state index contributed by atoms with van der Waals surface area (Å²) < 4.78 is 0. The Labute approximate surface area is 174 Å². The molecule has 1 atom stereocenters. The third-order valence-corrected chi connectivity index (χ3v) is 6.39. The van der Waals surface area contributed by atoms with E-state index in [-0.39, 0.29) is 29.7 Å². The molecule has 0 bridgehead atoms. The molecule has 1 aliphatic carbocycles. The van der Waals surface area contributed by atoms with Gasteiger partial charge in [0.25, 0.3) is 5.91 Å². The lowest BCUT2D eigenvalue weighted by Gasteiger charge is -2.29. The predicted octanol–water partition coefficient (Wildman–Crippen LogP) is 2.01. The van der Waals surface area contributed by atoms with Crippen LogP contribution in [-0.4, -0.2) is 28.7 Å². The maximum Gasteiger partial charge on any atom is 0.255 e. The number of nitrogens with two attached hydrogens (primary N) is 1. The second-order valence-electron chi connectivity index (χ2n) is 8.43. The summed E-state index contributed by atoms with van der Waals surface area (Å²) in [5.74, 6) is -0.820. The molecule has 0 radical (unpaired) electrons. The van der Waals surface area contributed by atoms with Crippen molar-refractivity contribution in [1.82, 2.24) is 10.2 Å². The minimum atomic E-state index is -0.598. The molecule has 0 aromatic heterocycles. The number of hydrogen-bond donors (Lipinski definition) is 3. The van der Waals surface area contributed by atoms with Gasteiger partial charge in [0, 0.05) is 36.3 Å². The van der Waals surface area contributed by atoms with E-state index < -0.39 is 6.04 Å². The largest absolute Gasteiger partial charge is 0.381 e. The summed E-state index contributed by atoms with van der Waals surface area (Å²) in [4.78, 5) is 38.2. The van der Waals surface area contributed by atoms with Crippen LogP contribution < -0.4 is 16.4 Å². The Kier molecular flexibility index (Phi) is 4.36. The van der Waals surface area contributed by atoms with E-state index in [0.29, 0.717) is 25.1 Å². The van der Waals surface area contributed by atoms with Crippen molar-refractivity contribution in [2.45, 2.75) is 50.4 Å². The van der Waals surface area contributed by atoms with Gasteiger partial charge in [-0.3, -0.25) is 19.7 Å². The molecule has 5 rings (SSSR count). The first-order valence-corrected chi connectivity index (χ1v) is 10.3. The van der Waals surface area contributed by atoms with E-state index in [4.69, 9.17) is 5.73 Å². The highest BCUT2D eigenvalue weighted by molar-refractivity contribution is 6.05. The summed E-state index contributed by atoms with van der Waals surface area (Å²) in [6.07, 6.45) is 2.65. The van der Waals surface area contributed by atoms with E-state index in [1.54, 1.807) is 11.0 Å². The number of rotatable bonds is 5. The van der Waals surface area contributed by atoms with Crippen LogP contribution in [0.5, 0.6) is 0 Å². The molecule has 2 fully saturated rings. The fourth-order valence-electron chi connectivity index (χ4n) is 4.37. The van der Waals surface area contributed by atoms with Crippen molar-refractivity contribution in [1.29, 1.82) is 0 Å². The van der Waals surface area contributed by atoms with E-state index in [9.17, 15) is 14.4 Å². The van der Waals surface area contributed by atoms with E-state index in [0.717, 1.165) is 35.2 Å². The fourth-order valence-corrected chi connectivity index (χ4v) is 4.37. The van der Waals surface area contributed by atoms with Gasteiger partial charge < -0.3 is 16.0 Å². The lowest BCUT2D eigenvalue weighted by atomic mass is 10.0. The molecule has 1 saturated heterocycles. The van der Waals surface area contributed by atoms with Crippen LogP contribution in [0, 0.1) is 0 Å². The maximum absolute atomic E-state index is 12.9. The highest BCUT2D eigenvalue weighted by Crippen LogP contribution is 2.43. The second kappa shape index (κ2) is 6.95. The van der Waals surface area contributed by atoms with Crippen molar-refractivity contribution < 1.29 is 14.4 Å². The highest BCUT2D eigenvalue weighted by atomic mass is 16.2. The molecule has 1 saturated carbocycles. The Hall–Kier alpha value is -3.19. The van der Waals surface area contributed by atoms with Crippen LogP contribution in [-0.2, 0) is 28.2 Å². The minimum absolute atomic E-state index is 0.151. The zero-order valence-corrected chi connectivity index (χ0v) is 16.6. The molecule has 30 heavy (non-hydrogen) atoms. The van der Waals surface area contributed by atoms with Crippen LogP contribution in [0.1, 0.15) is 52.7 Å². The topological polar surface area (TPSA) is 105 Å². The number of carbonyl (C=O) groups excluding carboxylic acids is 3. The molecular formula is C23H24N4O3. The van der Waals surface area contributed by atoms with Crippen molar-refractivity contribution in [3.05, 3.63) is 64.7 Å². The summed E-state index contributed by atoms with van der Waals surface area (Å²) in [5.41, 5.74) is 10.9. The number of nitrogens with one attached hydrogen (secondary N) is 2. The van der Waals surface area contributed by atoms with Crippen molar-refractivity contribution in [2.24, 2.45) is 5.73 Å². The third-order valence-electron chi connectivity index (χ3n) is 6.39. The molecule has 154 valence electrons. The van der Waals surface area contributed by atoms with Crippen LogP contribution in [0.4, 0.5) is 5.69 Å². The predicted molar refractivity (Wildman–Crippen MR) is 111 cm³/mol. The number of amides is 3. The zero-order chi connectivity index (χ0) is 20.9. The highest BCUT2D eigenvalue weighted by Gasteiger charge is 2.40.